The Bertz CT molecular complexity index is 84.2. The van der Waals surface area contributed by atoms with Crippen LogP contribution < -0.4 is 0 Å². The minimum atomic E-state index is 1.48. The van der Waals surface area contributed by atoms with E-state index in [1.165, 1.54) is 19.7 Å². The molecule has 0 aliphatic carbocycles. The molecule has 0 saturated heterocycles. The molecule has 15 heavy (non-hydrogen) atoms. The average Bonchev–Trinajstić information content (AvgIpc) is 2.26. The van der Waals surface area contributed by atoms with Gasteiger partial charge in [0.1, 0.15) is 0 Å². The molecule has 0 aliphatic rings. The molecule has 0 atom stereocenters. The molecule has 0 nitrogen and oxygen atoms in total. The largest absolute Gasteiger partial charge is 0.0988 e. The summed E-state index contributed by atoms with van der Waals surface area (Å²) in [5, 5.41) is 0. The van der Waals surface area contributed by atoms with Gasteiger partial charge in [0, 0.05) is 0 Å². The number of rotatable bonds is 12. The van der Waals surface area contributed by atoms with Gasteiger partial charge in [0.2, 0.25) is 0 Å². The maximum Gasteiger partial charge on any atom is -0.0000000000000450 e. The van der Waals surface area contributed by atoms with E-state index in [4.69, 9.17) is 0 Å². The zero-order valence-corrected chi connectivity index (χ0v) is 18.6. The summed E-state index contributed by atoms with van der Waals surface area (Å²) in [5.41, 5.74) is 0. The van der Waals surface area contributed by atoms with Gasteiger partial charge in [0.05, 0.1) is 0 Å². The summed E-state index contributed by atoms with van der Waals surface area (Å²) in [7, 11) is 22.2. The van der Waals surface area contributed by atoms with Crippen molar-refractivity contribution in [2.24, 2.45) is 0 Å². The highest BCUT2D eigenvalue weighted by atomic mass is 34.0. The molecule has 92 valence electrons. The predicted octanol–water partition coefficient (Wildman–Crippen LogP) is 9.19. The summed E-state index contributed by atoms with van der Waals surface area (Å²) in [6.45, 7) is 0. The number of hydrogen-bond donors (Lipinski definition) is 2. The molecule has 15 heteroatoms. The van der Waals surface area contributed by atoms with Crippen LogP contribution in [0.3, 0.4) is 0 Å². The van der Waals surface area contributed by atoms with E-state index in [1.807, 2.05) is 0 Å². The van der Waals surface area contributed by atoms with Gasteiger partial charge in [-0.3, -0.25) is 0 Å². The maximum atomic E-state index is 4.02. The maximum absolute atomic E-state index is 4.02. The standard InChI is InChI=1S/H2S15/c1-3-5-7-9-11-13-15-14-12-10-8-6-4-2/h1-2H. The first-order valence-corrected chi connectivity index (χ1v) is 21.3. The van der Waals surface area contributed by atoms with Crippen LogP contribution in [0.5, 0.6) is 0 Å². The van der Waals surface area contributed by atoms with Gasteiger partial charge in [0.15, 0.2) is 0 Å². The molecule has 0 fully saturated rings. The van der Waals surface area contributed by atoms with Crippen LogP contribution in [0.15, 0.2) is 0 Å². The molecule has 0 rings (SSSR count). The van der Waals surface area contributed by atoms with Crippen LogP contribution in [0.25, 0.3) is 0 Å². The number of thiol groups is 2. The zero-order valence-electron chi connectivity index (χ0n) is 6.20. The van der Waals surface area contributed by atoms with Crippen molar-refractivity contribution < 1.29 is 0 Å². The molecule has 0 aromatic heterocycles. The van der Waals surface area contributed by atoms with E-state index in [2.05, 4.69) is 23.3 Å². The van der Waals surface area contributed by atoms with Gasteiger partial charge >= 0.3 is 0 Å². The van der Waals surface area contributed by atoms with E-state index in [0.717, 1.165) is 0 Å². The van der Waals surface area contributed by atoms with E-state index in [1.54, 1.807) is 108 Å². The fraction of sp³-hybridized carbons (Fsp3) is 0. The highest BCUT2D eigenvalue weighted by Crippen LogP contribution is 2.62. The van der Waals surface area contributed by atoms with E-state index >= 15 is 0 Å². The molecule has 0 amide bonds. The van der Waals surface area contributed by atoms with Crippen LogP contribution in [0.2, 0.25) is 0 Å². The van der Waals surface area contributed by atoms with E-state index in [0.29, 0.717) is 0 Å². The average molecular weight is 483 g/mol. The quantitative estimate of drug-likeness (QED) is 0.154. The summed E-state index contributed by atoms with van der Waals surface area (Å²) < 4.78 is 0. The first-order chi connectivity index (χ1) is 7.41. The highest BCUT2D eigenvalue weighted by molar-refractivity contribution is 9.56. The van der Waals surface area contributed by atoms with Crippen LogP contribution in [-0.2, 0) is 0 Å². The highest BCUT2D eigenvalue weighted by Gasteiger charge is 1.97. The van der Waals surface area contributed by atoms with Crippen LogP contribution in [0, 0.1) is 0 Å². The van der Waals surface area contributed by atoms with Crippen molar-refractivity contribution in [2.45, 2.75) is 0 Å². The molecule has 0 saturated carbocycles. The summed E-state index contributed by atoms with van der Waals surface area (Å²) in [6, 6.07) is 0. The molecule has 0 radical (unpaired) electrons. The Balaban J connectivity index is 2.81. The third-order valence-corrected chi connectivity index (χ3v) is 27.4. The van der Waals surface area contributed by atoms with Crippen molar-refractivity contribution in [3.05, 3.63) is 0 Å². The second-order valence-electron chi connectivity index (χ2n) is 0.898. The molecular weight excluding hydrogens is 481 g/mol. The van der Waals surface area contributed by atoms with Crippen LogP contribution in [-0.4, -0.2) is 0 Å². The van der Waals surface area contributed by atoms with Crippen LogP contribution in [0.4, 0.5) is 0 Å². The monoisotopic (exact) mass is 482 g/mol. The Morgan fingerprint density at radius 1 is 0.333 bits per heavy atom. The summed E-state index contributed by atoms with van der Waals surface area (Å²) >= 11 is 8.04. The summed E-state index contributed by atoms with van der Waals surface area (Å²) in [4.78, 5) is 0. The molecule has 0 unspecified atom stereocenters. The molecule has 0 aromatic rings. The van der Waals surface area contributed by atoms with Gasteiger partial charge in [-0.05, 0) is 128 Å². The SMILES string of the molecule is SSSSSSSSSSSSSSS. The van der Waals surface area contributed by atoms with Crippen LogP contribution in [0.1, 0.15) is 0 Å². The van der Waals surface area contributed by atoms with Crippen molar-refractivity contribution in [1.29, 1.82) is 0 Å². The van der Waals surface area contributed by atoms with E-state index < -0.39 is 0 Å². The first kappa shape index (κ1) is 20.2. The van der Waals surface area contributed by atoms with Gasteiger partial charge in [-0.15, -0.1) is 0 Å². The van der Waals surface area contributed by atoms with E-state index in [-0.39, 0.29) is 0 Å². The fourth-order valence-corrected chi connectivity index (χ4v) is 30.8. The normalized spacial score (nSPS) is 10.8. The zero-order chi connectivity index (χ0) is 11.2. The molecular formula is H2S15. The van der Waals surface area contributed by atoms with Gasteiger partial charge in [0.25, 0.3) is 0 Å². The minimum Gasteiger partial charge on any atom is -0.0988 e. The van der Waals surface area contributed by atoms with Gasteiger partial charge in [-0.25, -0.2) is 0 Å². The second-order valence-corrected chi connectivity index (χ2v) is 24.2. The molecule has 0 spiro atoms. The summed E-state index contributed by atoms with van der Waals surface area (Å²) in [5.74, 6) is 0. The molecule has 0 heterocycles. The van der Waals surface area contributed by atoms with Gasteiger partial charge in [-0.1, -0.05) is 23.3 Å². The summed E-state index contributed by atoms with van der Waals surface area (Å²) in [6.07, 6.45) is 0. The Kier molecular flexibility index (Phi) is 26.0. The van der Waals surface area contributed by atoms with Crippen molar-refractivity contribution in [2.75, 3.05) is 0 Å². The number of hydrogen-bond acceptors (Lipinski definition) is 15. The predicted molar refractivity (Wildman–Crippen MR) is 117 cm³/mol. The Morgan fingerprint density at radius 2 is 0.533 bits per heavy atom. The molecule has 0 aliphatic heterocycles. The van der Waals surface area contributed by atoms with Gasteiger partial charge < -0.3 is 0 Å². The van der Waals surface area contributed by atoms with Crippen molar-refractivity contribution >= 4 is 151 Å². The Morgan fingerprint density at radius 3 is 0.733 bits per heavy atom. The van der Waals surface area contributed by atoms with Crippen molar-refractivity contribution in [1.82, 2.24) is 0 Å². The fourth-order valence-electron chi connectivity index (χ4n) is 0.127. The lowest BCUT2D eigenvalue weighted by Gasteiger charge is -1.96. The lowest BCUT2D eigenvalue weighted by molar-refractivity contribution is 5.63. The van der Waals surface area contributed by atoms with Crippen molar-refractivity contribution in [3.8, 4) is 0 Å². The molecule has 0 N–H and O–H groups in total. The minimum absolute atomic E-state index is 1.48. The third kappa shape index (κ3) is 19.2. The lowest BCUT2D eigenvalue weighted by Crippen LogP contribution is -1.31. The smallest absolute Gasteiger partial charge is 0.0000000000000450 e. The van der Waals surface area contributed by atoms with Crippen LogP contribution >= 0.6 is 151 Å². The lowest BCUT2D eigenvalue weighted by atomic mass is 30.1. The molecule has 0 bridgehead atoms. The Labute approximate surface area is 148 Å². The topological polar surface area (TPSA) is 0 Å². The molecule has 0 aromatic carbocycles. The Hall–Kier alpha value is 5.25. The van der Waals surface area contributed by atoms with Gasteiger partial charge in [-0.2, -0.15) is 0 Å². The first-order valence-electron chi connectivity index (χ1n) is 2.37. The van der Waals surface area contributed by atoms with Crippen molar-refractivity contribution in [3.63, 3.8) is 0 Å². The second kappa shape index (κ2) is 19.2. The third-order valence-electron chi connectivity index (χ3n) is 0.339. The van der Waals surface area contributed by atoms with E-state index in [9.17, 15) is 0 Å².